The van der Waals surface area contributed by atoms with E-state index >= 15 is 0 Å². The molecule has 0 radical (unpaired) electrons. The maximum atomic E-state index is 11.5. The second-order valence-electron chi connectivity index (χ2n) is 5.62. The van der Waals surface area contributed by atoms with E-state index in [0.717, 1.165) is 13.1 Å². The number of carbonyl (C=O) groups is 1. The van der Waals surface area contributed by atoms with E-state index in [2.05, 4.69) is 39.9 Å². The molecule has 0 rings (SSSR count). The normalized spacial score (nSPS) is 12.1. The molecule has 2 nitrogen and oxygen atoms in total. The Kier molecular flexibility index (Phi) is 6.01. The van der Waals surface area contributed by atoms with Gasteiger partial charge in [0.1, 0.15) is 5.78 Å². The minimum absolute atomic E-state index is 0.134. The molecule has 0 aliphatic rings. The third-order valence-corrected chi connectivity index (χ3v) is 1.86. The lowest BCUT2D eigenvalue weighted by atomic mass is 9.89. The molecule has 0 bridgehead atoms. The van der Waals surface area contributed by atoms with Crippen molar-refractivity contribution in [2.75, 3.05) is 13.1 Å². The summed E-state index contributed by atoms with van der Waals surface area (Å²) in [6, 6.07) is 0. The minimum atomic E-state index is 0.134. The van der Waals surface area contributed by atoms with E-state index in [9.17, 15) is 4.79 Å². The van der Waals surface area contributed by atoms with Gasteiger partial charge < -0.3 is 5.32 Å². The summed E-state index contributed by atoms with van der Waals surface area (Å²) in [7, 11) is 0. The van der Waals surface area contributed by atoms with Gasteiger partial charge in [-0.15, -0.1) is 0 Å². The standard InChI is InChI=1S/C12H25NO/c1-10(2)9-13-7-6-11(14)8-12(3,4)5/h10,13H,6-9H2,1-5H3. The van der Waals surface area contributed by atoms with Crippen LogP contribution in [0.15, 0.2) is 0 Å². The summed E-state index contributed by atoms with van der Waals surface area (Å²) in [5.41, 5.74) is 0.134. The SMILES string of the molecule is CC(C)CNCCC(=O)CC(C)(C)C. The topological polar surface area (TPSA) is 29.1 Å². The van der Waals surface area contributed by atoms with Crippen LogP contribution in [0, 0.1) is 11.3 Å². The van der Waals surface area contributed by atoms with Crippen molar-refractivity contribution in [3.8, 4) is 0 Å². The molecule has 0 aromatic carbocycles. The number of hydrogen-bond donors (Lipinski definition) is 1. The molecule has 84 valence electrons. The zero-order valence-electron chi connectivity index (χ0n) is 10.3. The van der Waals surface area contributed by atoms with Crippen LogP contribution in [-0.4, -0.2) is 18.9 Å². The first-order valence-corrected chi connectivity index (χ1v) is 5.53. The van der Waals surface area contributed by atoms with Gasteiger partial charge in [-0.1, -0.05) is 34.6 Å². The van der Waals surface area contributed by atoms with Crippen LogP contribution in [0.4, 0.5) is 0 Å². The molecule has 0 unspecified atom stereocenters. The number of rotatable bonds is 6. The van der Waals surface area contributed by atoms with Crippen LogP contribution in [0.3, 0.4) is 0 Å². The monoisotopic (exact) mass is 199 g/mol. The predicted octanol–water partition coefficient (Wildman–Crippen LogP) is 2.63. The molecule has 1 N–H and O–H groups in total. The van der Waals surface area contributed by atoms with E-state index in [-0.39, 0.29) is 5.41 Å². The quantitative estimate of drug-likeness (QED) is 0.666. The fourth-order valence-electron chi connectivity index (χ4n) is 1.30. The molecule has 14 heavy (non-hydrogen) atoms. The summed E-state index contributed by atoms with van der Waals surface area (Å²) in [5, 5.41) is 3.28. The van der Waals surface area contributed by atoms with Crippen LogP contribution in [-0.2, 0) is 4.79 Å². The summed E-state index contributed by atoms with van der Waals surface area (Å²) < 4.78 is 0. The molecule has 0 aromatic heterocycles. The predicted molar refractivity (Wildman–Crippen MR) is 61.4 cm³/mol. The molecule has 0 aromatic rings. The summed E-state index contributed by atoms with van der Waals surface area (Å²) in [5.74, 6) is 1.03. The van der Waals surface area contributed by atoms with Crippen LogP contribution < -0.4 is 5.32 Å². The Morgan fingerprint density at radius 1 is 1.29 bits per heavy atom. The summed E-state index contributed by atoms with van der Waals surface area (Å²) in [6.45, 7) is 12.5. The average Bonchev–Trinajstić information content (AvgIpc) is 1.94. The van der Waals surface area contributed by atoms with E-state index in [0.29, 0.717) is 24.5 Å². The minimum Gasteiger partial charge on any atom is -0.316 e. The molecule has 0 fully saturated rings. The maximum absolute atomic E-state index is 11.5. The van der Waals surface area contributed by atoms with Gasteiger partial charge in [0, 0.05) is 19.4 Å². The summed E-state index contributed by atoms with van der Waals surface area (Å²) in [4.78, 5) is 11.5. The largest absolute Gasteiger partial charge is 0.316 e. The van der Waals surface area contributed by atoms with Gasteiger partial charge in [0.2, 0.25) is 0 Å². The molecule has 0 aliphatic carbocycles. The van der Waals surface area contributed by atoms with Gasteiger partial charge in [-0.3, -0.25) is 4.79 Å². The second-order valence-corrected chi connectivity index (χ2v) is 5.62. The Bertz CT molecular complexity index is 168. The Morgan fingerprint density at radius 3 is 2.29 bits per heavy atom. The van der Waals surface area contributed by atoms with Crippen molar-refractivity contribution in [3.63, 3.8) is 0 Å². The van der Waals surface area contributed by atoms with Crippen molar-refractivity contribution >= 4 is 5.78 Å². The van der Waals surface area contributed by atoms with Crippen LogP contribution in [0.25, 0.3) is 0 Å². The van der Waals surface area contributed by atoms with Crippen LogP contribution in [0.5, 0.6) is 0 Å². The Morgan fingerprint density at radius 2 is 1.86 bits per heavy atom. The first kappa shape index (κ1) is 13.6. The summed E-state index contributed by atoms with van der Waals surface area (Å²) in [6.07, 6.45) is 1.36. The van der Waals surface area contributed by atoms with Gasteiger partial charge in [0.25, 0.3) is 0 Å². The molecule has 0 aliphatic heterocycles. The van der Waals surface area contributed by atoms with Gasteiger partial charge in [-0.05, 0) is 17.9 Å². The third-order valence-electron chi connectivity index (χ3n) is 1.86. The van der Waals surface area contributed by atoms with Gasteiger partial charge >= 0.3 is 0 Å². The first-order valence-electron chi connectivity index (χ1n) is 5.53. The van der Waals surface area contributed by atoms with Crippen molar-refractivity contribution in [1.82, 2.24) is 5.32 Å². The molecular weight excluding hydrogens is 174 g/mol. The summed E-state index contributed by atoms with van der Waals surface area (Å²) >= 11 is 0. The molecule has 2 heteroatoms. The molecule has 0 spiro atoms. The van der Waals surface area contributed by atoms with E-state index < -0.39 is 0 Å². The molecular formula is C12H25NO. The van der Waals surface area contributed by atoms with E-state index in [4.69, 9.17) is 0 Å². The van der Waals surface area contributed by atoms with Crippen molar-refractivity contribution in [2.24, 2.45) is 11.3 Å². The number of nitrogens with one attached hydrogen (secondary N) is 1. The number of Topliss-reactive ketones (excluding diaryl/α,β-unsaturated/α-hetero) is 1. The van der Waals surface area contributed by atoms with Crippen molar-refractivity contribution in [3.05, 3.63) is 0 Å². The van der Waals surface area contributed by atoms with Crippen molar-refractivity contribution in [2.45, 2.75) is 47.5 Å². The Hall–Kier alpha value is -0.370. The number of carbonyl (C=O) groups excluding carboxylic acids is 1. The van der Waals surface area contributed by atoms with E-state index in [1.807, 2.05) is 0 Å². The molecule has 0 atom stereocenters. The van der Waals surface area contributed by atoms with Crippen molar-refractivity contribution in [1.29, 1.82) is 0 Å². The highest BCUT2D eigenvalue weighted by molar-refractivity contribution is 5.79. The van der Waals surface area contributed by atoms with Gasteiger partial charge in [-0.2, -0.15) is 0 Å². The lowest BCUT2D eigenvalue weighted by Gasteiger charge is -2.16. The van der Waals surface area contributed by atoms with Gasteiger partial charge in [0.05, 0.1) is 0 Å². The molecule has 0 heterocycles. The zero-order valence-corrected chi connectivity index (χ0v) is 10.3. The maximum Gasteiger partial charge on any atom is 0.134 e. The van der Waals surface area contributed by atoms with Crippen LogP contribution >= 0.6 is 0 Å². The van der Waals surface area contributed by atoms with Gasteiger partial charge in [-0.25, -0.2) is 0 Å². The van der Waals surface area contributed by atoms with Crippen molar-refractivity contribution < 1.29 is 4.79 Å². The smallest absolute Gasteiger partial charge is 0.134 e. The van der Waals surface area contributed by atoms with Crippen LogP contribution in [0.2, 0.25) is 0 Å². The Balaban J connectivity index is 3.46. The highest BCUT2D eigenvalue weighted by Gasteiger charge is 2.15. The highest BCUT2D eigenvalue weighted by atomic mass is 16.1. The lowest BCUT2D eigenvalue weighted by Crippen LogP contribution is -2.24. The number of ketones is 1. The molecule has 0 saturated carbocycles. The van der Waals surface area contributed by atoms with E-state index in [1.54, 1.807) is 0 Å². The Labute approximate surface area is 88.5 Å². The molecule has 0 amide bonds. The number of hydrogen-bond acceptors (Lipinski definition) is 2. The second kappa shape index (κ2) is 6.18. The first-order chi connectivity index (χ1) is 6.31. The molecule has 0 saturated heterocycles. The zero-order chi connectivity index (χ0) is 11.2. The average molecular weight is 199 g/mol. The third kappa shape index (κ3) is 9.72. The lowest BCUT2D eigenvalue weighted by molar-refractivity contribution is -0.120. The fourth-order valence-corrected chi connectivity index (χ4v) is 1.30. The fraction of sp³-hybridized carbons (Fsp3) is 0.917. The van der Waals surface area contributed by atoms with Crippen LogP contribution in [0.1, 0.15) is 47.5 Å². The van der Waals surface area contributed by atoms with Gasteiger partial charge in [0.15, 0.2) is 0 Å². The highest BCUT2D eigenvalue weighted by Crippen LogP contribution is 2.19. The van der Waals surface area contributed by atoms with E-state index in [1.165, 1.54) is 0 Å².